The van der Waals surface area contributed by atoms with E-state index in [4.69, 9.17) is 9.15 Å². The molecule has 28 heavy (non-hydrogen) atoms. The van der Waals surface area contributed by atoms with E-state index in [9.17, 15) is 0 Å². The Labute approximate surface area is 185 Å². The first-order valence-electron chi connectivity index (χ1n) is 9.39. The van der Waals surface area contributed by atoms with Gasteiger partial charge in [-0.05, 0) is 26.8 Å². The minimum atomic E-state index is -0.0616. The zero-order valence-electron chi connectivity index (χ0n) is 17.9. The number of oxazole rings is 1. The Morgan fingerprint density at radius 3 is 2.61 bits per heavy atom. The van der Waals surface area contributed by atoms with Crippen molar-refractivity contribution in [1.82, 2.24) is 15.6 Å². The minimum Gasteiger partial charge on any atom is -0.496 e. The van der Waals surface area contributed by atoms with Gasteiger partial charge in [-0.2, -0.15) is 0 Å². The molecule has 1 heterocycles. The molecule has 2 rings (SSSR count). The van der Waals surface area contributed by atoms with Gasteiger partial charge in [0.2, 0.25) is 5.89 Å². The van der Waals surface area contributed by atoms with Crippen LogP contribution in [0.5, 0.6) is 5.75 Å². The van der Waals surface area contributed by atoms with E-state index in [2.05, 4.69) is 61.3 Å². The molecule has 2 aromatic rings. The summed E-state index contributed by atoms with van der Waals surface area (Å²) in [7, 11) is 1.69. The summed E-state index contributed by atoms with van der Waals surface area (Å²) in [6.45, 7) is 13.6. The molecule has 1 aromatic heterocycles. The minimum absolute atomic E-state index is 0. The van der Waals surface area contributed by atoms with Gasteiger partial charge in [0.05, 0.1) is 19.3 Å². The predicted molar refractivity (Wildman–Crippen MR) is 125 cm³/mol. The van der Waals surface area contributed by atoms with Crippen molar-refractivity contribution in [2.75, 3.05) is 13.7 Å². The summed E-state index contributed by atoms with van der Waals surface area (Å²) in [5.74, 6) is 3.05. The zero-order valence-corrected chi connectivity index (χ0v) is 20.3. The standard InChI is InChI=1S/C21H32N4O2.HI/c1-8-22-20(24-13-19-23-12-18(27-19)21(4,5)6)25-15(3)16-11-14(2)9-10-17(16)26-7;/h9-12,15H,8,13H2,1-7H3,(H2,22,24,25);1H. The second-order valence-corrected chi connectivity index (χ2v) is 7.67. The van der Waals surface area contributed by atoms with E-state index in [0.717, 1.165) is 23.6 Å². The second kappa shape index (κ2) is 10.7. The number of halogens is 1. The third-order valence-electron chi connectivity index (χ3n) is 4.21. The van der Waals surface area contributed by atoms with Gasteiger partial charge in [0.15, 0.2) is 5.96 Å². The van der Waals surface area contributed by atoms with Gasteiger partial charge in [0.1, 0.15) is 18.1 Å². The van der Waals surface area contributed by atoms with Crippen LogP contribution in [0.4, 0.5) is 0 Å². The highest BCUT2D eigenvalue weighted by Gasteiger charge is 2.19. The van der Waals surface area contributed by atoms with Gasteiger partial charge in [-0.1, -0.05) is 38.5 Å². The third-order valence-corrected chi connectivity index (χ3v) is 4.21. The van der Waals surface area contributed by atoms with E-state index in [-0.39, 0.29) is 35.4 Å². The fourth-order valence-corrected chi connectivity index (χ4v) is 2.67. The first-order valence-corrected chi connectivity index (χ1v) is 9.39. The molecule has 6 nitrogen and oxygen atoms in total. The highest BCUT2D eigenvalue weighted by atomic mass is 127. The largest absolute Gasteiger partial charge is 0.496 e. The Morgan fingerprint density at radius 1 is 1.32 bits per heavy atom. The van der Waals surface area contributed by atoms with Gasteiger partial charge >= 0.3 is 0 Å². The van der Waals surface area contributed by atoms with Crippen LogP contribution in [0, 0.1) is 6.92 Å². The number of hydrogen-bond donors (Lipinski definition) is 2. The van der Waals surface area contributed by atoms with Gasteiger partial charge in [0, 0.05) is 17.5 Å². The van der Waals surface area contributed by atoms with Crippen molar-refractivity contribution in [3.8, 4) is 5.75 Å². The van der Waals surface area contributed by atoms with Crippen molar-refractivity contribution in [2.24, 2.45) is 4.99 Å². The Balaban J connectivity index is 0.00000392. The number of guanidine groups is 1. The Morgan fingerprint density at radius 2 is 2.04 bits per heavy atom. The average molecular weight is 500 g/mol. The molecule has 1 atom stereocenters. The fraction of sp³-hybridized carbons (Fsp3) is 0.524. The molecule has 0 aliphatic rings. The molecule has 0 bridgehead atoms. The summed E-state index contributed by atoms with van der Waals surface area (Å²) in [5.41, 5.74) is 2.22. The number of benzene rings is 1. The number of aryl methyl sites for hydroxylation is 1. The molecule has 0 aliphatic carbocycles. The molecule has 156 valence electrons. The lowest BCUT2D eigenvalue weighted by Crippen LogP contribution is -2.38. The SMILES string of the molecule is CCNC(=NCc1ncc(C(C)(C)C)o1)NC(C)c1cc(C)ccc1OC.I. The average Bonchev–Trinajstić information content (AvgIpc) is 3.09. The topological polar surface area (TPSA) is 71.7 Å². The lowest BCUT2D eigenvalue weighted by molar-refractivity contribution is 0.383. The van der Waals surface area contributed by atoms with E-state index in [0.29, 0.717) is 18.4 Å². The first-order chi connectivity index (χ1) is 12.7. The van der Waals surface area contributed by atoms with Gasteiger partial charge in [-0.3, -0.25) is 0 Å². The van der Waals surface area contributed by atoms with E-state index in [1.807, 2.05) is 19.1 Å². The Kier molecular flexibility index (Phi) is 9.26. The van der Waals surface area contributed by atoms with Crippen molar-refractivity contribution in [1.29, 1.82) is 0 Å². The summed E-state index contributed by atoms with van der Waals surface area (Å²) >= 11 is 0. The van der Waals surface area contributed by atoms with Crippen LogP contribution in [-0.2, 0) is 12.0 Å². The third kappa shape index (κ3) is 6.68. The molecule has 0 saturated carbocycles. The number of rotatable bonds is 6. The first kappa shape index (κ1) is 24.3. The van der Waals surface area contributed by atoms with Crippen molar-refractivity contribution in [3.05, 3.63) is 47.2 Å². The van der Waals surface area contributed by atoms with E-state index in [1.165, 1.54) is 5.56 Å². The van der Waals surface area contributed by atoms with Crippen LogP contribution in [0.2, 0.25) is 0 Å². The molecular formula is C21H33IN4O2. The number of aromatic nitrogens is 1. The maximum Gasteiger partial charge on any atom is 0.216 e. The summed E-state index contributed by atoms with van der Waals surface area (Å²) in [4.78, 5) is 8.96. The molecule has 0 spiro atoms. The summed E-state index contributed by atoms with van der Waals surface area (Å²) in [6.07, 6.45) is 1.78. The number of nitrogens with one attached hydrogen (secondary N) is 2. The molecule has 7 heteroatoms. The van der Waals surface area contributed by atoms with Crippen molar-refractivity contribution < 1.29 is 9.15 Å². The maximum atomic E-state index is 5.82. The van der Waals surface area contributed by atoms with Crippen LogP contribution in [0.1, 0.15) is 63.4 Å². The van der Waals surface area contributed by atoms with Crippen LogP contribution < -0.4 is 15.4 Å². The molecule has 0 saturated heterocycles. The molecule has 2 N–H and O–H groups in total. The van der Waals surface area contributed by atoms with Crippen LogP contribution in [-0.4, -0.2) is 24.6 Å². The van der Waals surface area contributed by atoms with Crippen molar-refractivity contribution in [3.63, 3.8) is 0 Å². The summed E-state index contributed by atoms with van der Waals surface area (Å²) in [5, 5.41) is 6.70. The van der Waals surface area contributed by atoms with Crippen LogP contribution in [0.3, 0.4) is 0 Å². The van der Waals surface area contributed by atoms with Crippen molar-refractivity contribution >= 4 is 29.9 Å². The summed E-state index contributed by atoms with van der Waals surface area (Å²) in [6, 6.07) is 6.20. The van der Waals surface area contributed by atoms with E-state index in [1.54, 1.807) is 13.3 Å². The molecular weight excluding hydrogens is 467 g/mol. The number of ether oxygens (including phenoxy) is 1. The molecule has 0 aliphatic heterocycles. The fourth-order valence-electron chi connectivity index (χ4n) is 2.67. The Hall–Kier alpha value is -1.77. The zero-order chi connectivity index (χ0) is 20.0. The summed E-state index contributed by atoms with van der Waals surface area (Å²) < 4.78 is 11.3. The van der Waals surface area contributed by atoms with Gasteiger partial charge in [-0.25, -0.2) is 9.98 Å². The van der Waals surface area contributed by atoms with Crippen LogP contribution in [0.25, 0.3) is 0 Å². The number of methoxy groups -OCH3 is 1. The molecule has 1 unspecified atom stereocenters. The molecule has 1 aromatic carbocycles. The van der Waals surface area contributed by atoms with Gasteiger partial charge < -0.3 is 19.8 Å². The number of aliphatic imine (C=N–C) groups is 1. The quantitative estimate of drug-likeness (QED) is 0.341. The number of hydrogen-bond acceptors (Lipinski definition) is 4. The van der Waals surface area contributed by atoms with Gasteiger partial charge in [-0.15, -0.1) is 24.0 Å². The smallest absolute Gasteiger partial charge is 0.216 e. The van der Waals surface area contributed by atoms with E-state index < -0.39 is 0 Å². The Bertz CT molecular complexity index is 781. The lowest BCUT2D eigenvalue weighted by atomic mass is 9.94. The maximum absolute atomic E-state index is 5.82. The normalized spacial score (nSPS) is 12.9. The van der Waals surface area contributed by atoms with E-state index >= 15 is 0 Å². The second-order valence-electron chi connectivity index (χ2n) is 7.67. The van der Waals surface area contributed by atoms with Crippen LogP contribution >= 0.6 is 24.0 Å². The monoisotopic (exact) mass is 500 g/mol. The van der Waals surface area contributed by atoms with Crippen LogP contribution in [0.15, 0.2) is 33.8 Å². The molecule has 0 amide bonds. The lowest BCUT2D eigenvalue weighted by Gasteiger charge is -2.20. The predicted octanol–water partition coefficient (Wildman–Crippen LogP) is 4.72. The highest BCUT2D eigenvalue weighted by molar-refractivity contribution is 14.0. The molecule has 0 radical (unpaired) electrons. The van der Waals surface area contributed by atoms with Crippen molar-refractivity contribution in [2.45, 2.75) is 59.5 Å². The highest BCUT2D eigenvalue weighted by Crippen LogP contribution is 2.26. The number of nitrogens with zero attached hydrogens (tertiary/aromatic N) is 2. The molecule has 0 fully saturated rings. The van der Waals surface area contributed by atoms with Gasteiger partial charge in [0.25, 0.3) is 0 Å².